The van der Waals surface area contributed by atoms with Crippen molar-refractivity contribution in [1.82, 2.24) is 16.0 Å². The highest BCUT2D eigenvalue weighted by Crippen LogP contribution is 2.42. The maximum atomic E-state index is 14.0. The third-order valence-corrected chi connectivity index (χ3v) is 15.6. The van der Waals surface area contributed by atoms with Crippen molar-refractivity contribution in [3.05, 3.63) is 0 Å². The van der Waals surface area contributed by atoms with E-state index in [0.717, 1.165) is 20.8 Å². The summed E-state index contributed by atoms with van der Waals surface area (Å²) in [5, 5.41) is 235. The van der Waals surface area contributed by atoms with E-state index < -0.39 is 277 Å². The van der Waals surface area contributed by atoms with E-state index in [4.69, 9.17) is 52.1 Å². The summed E-state index contributed by atoms with van der Waals surface area (Å²) in [6, 6.07) is -5.84. The molecule has 0 aliphatic carbocycles. The molecule has 0 aromatic rings. The molecule has 6 heterocycles. The normalized spacial score (nSPS) is 44.6. The Labute approximate surface area is 496 Å². The van der Waals surface area contributed by atoms with Crippen molar-refractivity contribution >= 4 is 29.7 Å². The summed E-state index contributed by atoms with van der Waals surface area (Å²) in [5.41, 5.74) is 0. The molecule has 32 atom stereocenters. The summed E-state index contributed by atoms with van der Waals surface area (Å²) >= 11 is 0. The first-order valence-electron chi connectivity index (χ1n) is 27.4. The first-order chi connectivity index (χ1) is 41.3. The fourth-order valence-corrected chi connectivity index (χ4v) is 11.1. The molecule has 0 aromatic carbocycles. The van der Waals surface area contributed by atoms with E-state index in [0.29, 0.717) is 0 Å². The second-order valence-electron chi connectivity index (χ2n) is 21.8. The third kappa shape index (κ3) is 15.6. The van der Waals surface area contributed by atoms with E-state index in [1.807, 2.05) is 0 Å². The zero-order chi connectivity index (χ0) is 65.8. The predicted octanol–water partition coefficient (Wildman–Crippen LogP) is -15.3. The molecule has 0 radical (unpaired) electrons. The lowest BCUT2D eigenvalue weighted by Crippen LogP contribution is -2.73. The average Bonchev–Trinajstić information content (AvgIpc) is 0.788. The Morgan fingerprint density at radius 3 is 1.42 bits per heavy atom. The molecule has 6 aliphatic heterocycles. The summed E-state index contributed by atoms with van der Waals surface area (Å²) in [7, 11) is 0. The second kappa shape index (κ2) is 30.7. The molecule has 40 nitrogen and oxygen atoms in total. The van der Waals surface area contributed by atoms with Crippen LogP contribution in [-0.4, -0.2) is 372 Å². The molecule has 0 bridgehead atoms. The van der Waals surface area contributed by atoms with Crippen molar-refractivity contribution in [2.24, 2.45) is 0 Å². The number of hydrogen-bond donors (Lipinski definition) is 24. The molecule has 88 heavy (non-hydrogen) atoms. The molecular formula is C48H79N3O37. The second-order valence-corrected chi connectivity index (χ2v) is 21.8. The van der Waals surface area contributed by atoms with Gasteiger partial charge in [0.05, 0.1) is 63.9 Å². The molecule has 0 saturated carbocycles. The number of carbonyl (C=O) groups excluding carboxylic acids is 3. The van der Waals surface area contributed by atoms with Crippen LogP contribution < -0.4 is 16.0 Å². The summed E-state index contributed by atoms with van der Waals surface area (Å²) in [6.07, 6.45) is -62.7. The number of aliphatic carboxylic acids is 2. The number of carboxylic acids is 2. The summed E-state index contributed by atoms with van der Waals surface area (Å²) < 4.78 is 63.5. The minimum absolute atomic E-state index is 0.854. The largest absolute Gasteiger partial charge is 0.477 e. The van der Waals surface area contributed by atoms with Crippen LogP contribution in [0.3, 0.4) is 0 Å². The van der Waals surface area contributed by atoms with Gasteiger partial charge < -0.3 is 175 Å². The van der Waals surface area contributed by atoms with Crippen LogP contribution in [0.2, 0.25) is 0 Å². The van der Waals surface area contributed by atoms with Crippen LogP contribution in [0, 0.1) is 0 Å². The molecule has 40 heteroatoms. The Morgan fingerprint density at radius 2 is 0.909 bits per heavy atom. The van der Waals surface area contributed by atoms with Gasteiger partial charge >= 0.3 is 11.9 Å². The first-order valence-corrected chi connectivity index (χ1v) is 27.4. The van der Waals surface area contributed by atoms with Gasteiger partial charge in [-0.2, -0.15) is 0 Å². The molecule has 0 spiro atoms. The van der Waals surface area contributed by atoms with Gasteiger partial charge in [-0.25, -0.2) is 9.59 Å². The summed E-state index contributed by atoms with van der Waals surface area (Å²) in [5.74, 6) is -14.5. The zero-order valence-electron chi connectivity index (χ0n) is 46.9. The van der Waals surface area contributed by atoms with E-state index >= 15 is 0 Å². The van der Waals surface area contributed by atoms with Gasteiger partial charge in [0, 0.05) is 33.6 Å². The Kier molecular flexibility index (Phi) is 25.6. The van der Waals surface area contributed by atoms with E-state index in [1.54, 1.807) is 0 Å². The van der Waals surface area contributed by atoms with Crippen molar-refractivity contribution in [2.75, 3.05) is 39.6 Å². The number of carboxylic acid groups (broad SMARTS) is 2. The molecule has 6 aliphatic rings. The number of aliphatic hydroxyl groups is 19. The van der Waals surface area contributed by atoms with Gasteiger partial charge in [-0.05, 0) is 0 Å². The van der Waals surface area contributed by atoms with Gasteiger partial charge in [0.15, 0.2) is 25.2 Å². The smallest absolute Gasteiger partial charge is 0.364 e. The van der Waals surface area contributed by atoms with E-state index in [2.05, 4.69) is 16.0 Å². The lowest BCUT2D eigenvalue weighted by Gasteiger charge is -2.53. The number of hydrogen-bond acceptors (Lipinski definition) is 35. The Hall–Kier alpha value is -3.85. The maximum absolute atomic E-state index is 14.0. The number of rotatable bonds is 25. The van der Waals surface area contributed by atoms with Crippen LogP contribution in [0.15, 0.2) is 0 Å². The van der Waals surface area contributed by atoms with Gasteiger partial charge in [0.25, 0.3) is 11.6 Å². The van der Waals surface area contributed by atoms with Crippen molar-refractivity contribution in [2.45, 2.75) is 229 Å². The maximum Gasteiger partial charge on any atom is 0.364 e. The Morgan fingerprint density at radius 1 is 0.466 bits per heavy atom. The van der Waals surface area contributed by atoms with Crippen LogP contribution in [0.5, 0.6) is 0 Å². The average molecular weight is 1290 g/mol. The van der Waals surface area contributed by atoms with Crippen LogP contribution in [0.1, 0.15) is 33.6 Å². The molecule has 3 amide bonds. The molecule has 6 saturated heterocycles. The van der Waals surface area contributed by atoms with Crippen LogP contribution in [0.25, 0.3) is 0 Å². The highest BCUT2D eigenvalue weighted by atomic mass is 16.8. The van der Waals surface area contributed by atoms with E-state index in [1.165, 1.54) is 0 Å². The molecule has 24 N–H and O–H groups in total. The molecule has 0 aromatic heterocycles. The van der Waals surface area contributed by atoms with Gasteiger partial charge in [-0.1, -0.05) is 0 Å². The number of aliphatic hydroxyl groups excluding tert-OH is 19. The van der Waals surface area contributed by atoms with Gasteiger partial charge in [-0.3, -0.25) is 14.4 Å². The molecular weight excluding hydrogens is 1210 g/mol. The standard InChI is InChI=1S/C48H79N3O37/c1-12(58)49-23-15(61)4-47(45(74)75,86-38(23)26(64)17(63)6-52)85-20(9-55)29(67)39-24(50-13(2)59)16(62)5-48(87-39,46(76)77)88-40-34(72)44(82-35-21(10-56)78-41(73)32(70)31(35)69)81-22(11-57)36(40)83-42-25(51-14(3)60)37(28(66)19(8-54)79-42)84-43-33(71)30(68)27(65)18(7-53)80-43/h15-44,52-57,61-73H,4-11H2,1-3H3,(H,49,58)(H,50,59)(H,51,60)(H,74,75)(H,76,77)/t15-,16-,17+,18+,19+,20+,21+,22+,23+,24+,25+,26+,27-,28-,29+,30-,31+,32+,33+,34+,35+,36-,37+,38+,39+,40+,41+,42-,43-,44-,47+,48-/m0/s1. The number of ether oxygens (including phenoxy) is 11. The van der Waals surface area contributed by atoms with E-state index in [-0.39, 0.29) is 0 Å². The molecule has 0 unspecified atom stereocenters. The summed E-state index contributed by atoms with van der Waals surface area (Å²) in [4.78, 5) is 65.1. The van der Waals surface area contributed by atoms with E-state index in [9.17, 15) is 131 Å². The monoisotopic (exact) mass is 1290 g/mol. The highest BCUT2D eigenvalue weighted by Gasteiger charge is 2.64. The fraction of sp³-hybridized carbons (Fsp3) is 0.896. The minimum Gasteiger partial charge on any atom is -0.477 e. The Bertz CT molecular complexity index is 2320. The molecule has 508 valence electrons. The van der Waals surface area contributed by atoms with Crippen LogP contribution in [0.4, 0.5) is 0 Å². The first kappa shape index (κ1) is 73.2. The van der Waals surface area contributed by atoms with Gasteiger partial charge in [0.2, 0.25) is 17.7 Å². The third-order valence-electron chi connectivity index (χ3n) is 15.6. The van der Waals surface area contributed by atoms with Crippen molar-refractivity contribution in [3.63, 3.8) is 0 Å². The highest BCUT2D eigenvalue weighted by molar-refractivity contribution is 5.77. The number of amides is 3. The van der Waals surface area contributed by atoms with Crippen LogP contribution >= 0.6 is 0 Å². The topological polar surface area (TPSA) is 648 Å². The quantitative estimate of drug-likeness (QED) is 0.0404. The van der Waals surface area contributed by atoms with Crippen molar-refractivity contribution in [1.29, 1.82) is 0 Å². The van der Waals surface area contributed by atoms with Crippen LogP contribution in [-0.2, 0) is 76.1 Å². The lowest BCUT2D eigenvalue weighted by molar-refractivity contribution is -0.403. The molecule has 6 rings (SSSR count). The predicted molar refractivity (Wildman–Crippen MR) is 268 cm³/mol. The SMILES string of the molecule is CC(=O)N[C@H]1[C@H](O[C@@H]2[C@H](O[C@]3(C(=O)O)C[C@H](O)[C@@H](NC(C)=O)[C@H]([C@H](O)[C@@H](CO)O[C@]4(C(=O)O)C[C@H](O)[C@@H](NC(C)=O)[C@H]([C@H](O)[C@H](O)CO)O4)O3)[C@@H](O)[C@H](O[C@H]3[C@H](O)[C@@H](O)[C@H](O)O[C@@H]3CO)O[C@@H]2CO)O[C@H](CO)[C@H](O)[C@@H]1O[C@@H]1O[C@H](CO)[C@H](O)[C@H](O)[C@H]1O. The van der Waals surface area contributed by atoms with Crippen molar-refractivity contribution < 1.29 is 183 Å². The molecule has 6 fully saturated rings. The number of carbonyl (C=O) groups is 5. The number of nitrogens with one attached hydrogen (secondary N) is 3. The van der Waals surface area contributed by atoms with Gasteiger partial charge in [-0.15, -0.1) is 0 Å². The summed E-state index contributed by atoms with van der Waals surface area (Å²) in [6.45, 7) is -4.69. The minimum atomic E-state index is -3.64. The van der Waals surface area contributed by atoms with Crippen molar-refractivity contribution in [3.8, 4) is 0 Å². The Balaban J connectivity index is 1.46. The lowest BCUT2D eigenvalue weighted by atomic mass is 9.87. The zero-order valence-corrected chi connectivity index (χ0v) is 46.9. The van der Waals surface area contributed by atoms with Gasteiger partial charge in [0.1, 0.15) is 134 Å². The fourth-order valence-electron chi connectivity index (χ4n) is 11.1.